The minimum Gasteiger partial charge on any atom is -0.338 e. The monoisotopic (exact) mass is 333 g/mol. The maximum atomic E-state index is 12.6. The van der Waals surface area contributed by atoms with Gasteiger partial charge in [0.2, 0.25) is 11.8 Å². The van der Waals surface area contributed by atoms with Crippen LogP contribution in [0.15, 0.2) is 24.3 Å². The molecule has 6 heteroatoms. The summed E-state index contributed by atoms with van der Waals surface area (Å²) in [5, 5.41) is 1.03. The summed E-state index contributed by atoms with van der Waals surface area (Å²) in [5.74, 6) is 0.414. The van der Waals surface area contributed by atoms with E-state index >= 15 is 0 Å². The Morgan fingerprint density at radius 3 is 2.74 bits per heavy atom. The Labute approximate surface area is 141 Å². The quantitative estimate of drug-likeness (QED) is 0.786. The molecule has 2 aliphatic rings. The second-order valence-electron chi connectivity index (χ2n) is 6.61. The summed E-state index contributed by atoms with van der Waals surface area (Å²) in [6.07, 6.45) is 3.50. The zero-order valence-corrected chi connectivity index (χ0v) is 14.7. The third kappa shape index (κ3) is 3.33. The molecule has 0 N–H and O–H groups in total. The SMILES string of the molecule is Cc1ccc(N2CC3CN(C(=O)/C=C/CN(C)C)CC3C2=O)s1. The second kappa shape index (κ2) is 6.45. The van der Waals surface area contributed by atoms with Crippen LogP contribution in [0, 0.1) is 18.8 Å². The van der Waals surface area contributed by atoms with Gasteiger partial charge in [-0.1, -0.05) is 6.08 Å². The van der Waals surface area contributed by atoms with E-state index in [1.807, 2.05) is 47.0 Å². The lowest BCUT2D eigenvalue weighted by molar-refractivity contribution is -0.125. The number of thiophene rings is 1. The van der Waals surface area contributed by atoms with Gasteiger partial charge in [0.1, 0.15) is 0 Å². The second-order valence-corrected chi connectivity index (χ2v) is 7.87. The van der Waals surface area contributed by atoms with Gasteiger partial charge in [0.15, 0.2) is 0 Å². The predicted molar refractivity (Wildman–Crippen MR) is 92.7 cm³/mol. The van der Waals surface area contributed by atoms with Crippen molar-refractivity contribution in [2.24, 2.45) is 11.8 Å². The number of hydrogen-bond donors (Lipinski definition) is 0. The van der Waals surface area contributed by atoms with E-state index in [2.05, 4.69) is 6.92 Å². The topological polar surface area (TPSA) is 43.9 Å². The average molecular weight is 333 g/mol. The molecule has 1 aromatic rings. The Morgan fingerprint density at radius 2 is 2.13 bits per heavy atom. The molecule has 3 rings (SSSR count). The molecule has 3 heterocycles. The number of hydrogen-bond acceptors (Lipinski definition) is 4. The van der Waals surface area contributed by atoms with Crippen molar-refractivity contribution in [3.63, 3.8) is 0 Å². The largest absolute Gasteiger partial charge is 0.338 e. The molecule has 0 aromatic carbocycles. The summed E-state index contributed by atoms with van der Waals surface area (Å²) in [5.41, 5.74) is 0. The molecular weight excluding hydrogens is 310 g/mol. The summed E-state index contributed by atoms with van der Waals surface area (Å²) >= 11 is 1.66. The Hall–Kier alpha value is -1.66. The van der Waals surface area contributed by atoms with Crippen molar-refractivity contribution in [2.75, 3.05) is 45.2 Å². The van der Waals surface area contributed by atoms with Crippen LogP contribution in [0.25, 0.3) is 0 Å². The van der Waals surface area contributed by atoms with Gasteiger partial charge in [0.25, 0.3) is 0 Å². The minimum absolute atomic E-state index is 0.0209. The van der Waals surface area contributed by atoms with Gasteiger partial charge in [0.05, 0.1) is 10.9 Å². The molecule has 2 aliphatic heterocycles. The predicted octanol–water partition coefficient (Wildman–Crippen LogP) is 1.60. The van der Waals surface area contributed by atoms with Crippen LogP contribution in [-0.2, 0) is 9.59 Å². The molecule has 2 amide bonds. The molecule has 2 fully saturated rings. The van der Waals surface area contributed by atoms with E-state index in [9.17, 15) is 9.59 Å². The number of likely N-dealkylation sites (N-methyl/N-ethyl adjacent to an activating group) is 1. The summed E-state index contributed by atoms with van der Waals surface area (Å²) < 4.78 is 0. The Bertz CT molecular complexity index is 638. The number of likely N-dealkylation sites (tertiary alicyclic amines) is 1. The molecule has 5 nitrogen and oxygen atoms in total. The lowest BCUT2D eigenvalue weighted by Crippen LogP contribution is -2.34. The van der Waals surface area contributed by atoms with Crippen LogP contribution in [0.4, 0.5) is 5.00 Å². The molecule has 124 valence electrons. The molecule has 0 saturated carbocycles. The number of aryl methyl sites for hydroxylation is 1. The van der Waals surface area contributed by atoms with Crippen LogP contribution < -0.4 is 4.90 Å². The van der Waals surface area contributed by atoms with Crippen LogP contribution >= 0.6 is 11.3 Å². The molecule has 23 heavy (non-hydrogen) atoms. The standard InChI is InChI=1S/C17H23N3O2S/c1-12-6-7-16(23-12)20-10-13-9-19(11-14(13)17(20)22)15(21)5-4-8-18(2)3/h4-7,13-14H,8-11H2,1-3H3/b5-4+. The maximum absolute atomic E-state index is 12.6. The number of carbonyl (C=O) groups excluding carboxylic acids is 2. The highest BCUT2D eigenvalue weighted by atomic mass is 32.1. The maximum Gasteiger partial charge on any atom is 0.246 e. The van der Waals surface area contributed by atoms with Crippen LogP contribution in [0.5, 0.6) is 0 Å². The van der Waals surface area contributed by atoms with Gasteiger partial charge in [0, 0.05) is 43.1 Å². The number of amides is 2. The van der Waals surface area contributed by atoms with Gasteiger partial charge in [-0.05, 0) is 33.2 Å². The summed E-state index contributed by atoms with van der Waals surface area (Å²) in [7, 11) is 3.93. The lowest BCUT2D eigenvalue weighted by Gasteiger charge is -2.20. The van der Waals surface area contributed by atoms with Crippen molar-refractivity contribution < 1.29 is 9.59 Å². The van der Waals surface area contributed by atoms with E-state index in [1.54, 1.807) is 17.4 Å². The fraction of sp³-hybridized carbons (Fsp3) is 0.529. The van der Waals surface area contributed by atoms with E-state index in [-0.39, 0.29) is 23.7 Å². The van der Waals surface area contributed by atoms with Crippen molar-refractivity contribution in [1.29, 1.82) is 0 Å². The molecule has 0 aliphatic carbocycles. The first-order valence-corrected chi connectivity index (χ1v) is 8.75. The van der Waals surface area contributed by atoms with E-state index in [4.69, 9.17) is 0 Å². The third-order valence-corrected chi connectivity index (χ3v) is 5.50. The van der Waals surface area contributed by atoms with Gasteiger partial charge >= 0.3 is 0 Å². The van der Waals surface area contributed by atoms with E-state index in [0.717, 1.165) is 18.1 Å². The Morgan fingerprint density at radius 1 is 1.35 bits per heavy atom. The molecule has 0 bridgehead atoms. The number of anilines is 1. The highest BCUT2D eigenvalue weighted by Crippen LogP contribution is 2.37. The minimum atomic E-state index is -0.0383. The Kier molecular flexibility index (Phi) is 4.55. The number of rotatable bonds is 4. The van der Waals surface area contributed by atoms with Crippen LogP contribution in [-0.4, -0.2) is 61.9 Å². The smallest absolute Gasteiger partial charge is 0.246 e. The molecule has 1 aromatic heterocycles. The van der Waals surface area contributed by atoms with Crippen molar-refractivity contribution in [2.45, 2.75) is 6.92 Å². The van der Waals surface area contributed by atoms with Gasteiger partial charge in [-0.15, -0.1) is 11.3 Å². The number of nitrogens with zero attached hydrogens (tertiary/aromatic N) is 3. The van der Waals surface area contributed by atoms with Crippen molar-refractivity contribution in [1.82, 2.24) is 9.80 Å². The van der Waals surface area contributed by atoms with Gasteiger partial charge < -0.3 is 14.7 Å². The molecule has 0 spiro atoms. The number of fused-ring (bicyclic) bond motifs is 1. The fourth-order valence-corrected chi connectivity index (χ4v) is 4.15. The van der Waals surface area contributed by atoms with E-state index in [1.165, 1.54) is 4.88 Å². The Balaban J connectivity index is 1.61. The van der Waals surface area contributed by atoms with Crippen molar-refractivity contribution in [3.05, 3.63) is 29.2 Å². The summed E-state index contributed by atoms with van der Waals surface area (Å²) in [6.45, 7) is 4.76. The van der Waals surface area contributed by atoms with E-state index in [0.29, 0.717) is 13.1 Å². The first kappa shape index (κ1) is 16.2. The highest BCUT2D eigenvalue weighted by Gasteiger charge is 2.47. The lowest BCUT2D eigenvalue weighted by atomic mass is 10.0. The van der Waals surface area contributed by atoms with Gasteiger partial charge in [-0.3, -0.25) is 9.59 Å². The van der Waals surface area contributed by atoms with Gasteiger partial charge in [-0.2, -0.15) is 0 Å². The molecule has 2 saturated heterocycles. The first-order chi connectivity index (χ1) is 11.0. The molecule has 2 unspecified atom stereocenters. The average Bonchev–Trinajstić information content (AvgIpc) is 3.15. The summed E-state index contributed by atoms with van der Waals surface area (Å²) in [4.78, 5) is 31.8. The van der Waals surface area contributed by atoms with Crippen LogP contribution in [0.3, 0.4) is 0 Å². The summed E-state index contributed by atoms with van der Waals surface area (Å²) in [6, 6.07) is 4.07. The zero-order valence-electron chi connectivity index (χ0n) is 13.9. The normalized spacial score (nSPS) is 24.3. The molecular formula is C17H23N3O2S. The van der Waals surface area contributed by atoms with Crippen LogP contribution in [0.2, 0.25) is 0 Å². The highest BCUT2D eigenvalue weighted by molar-refractivity contribution is 7.16. The molecule has 2 atom stereocenters. The van der Waals surface area contributed by atoms with Crippen LogP contribution in [0.1, 0.15) is 4.88 Å². The van der Waals surface area contributed by atoms with E-state index < -0.39 is 0 Å². The zero-order chi connectivity index (χ0) is 16.6. The van der Waals surface area contributed by atoms with Gasteiger partial charge in [-0.25, -0.2) is 0 Å². The molecule has 0 radical (unpaired) electrons. The van der Waals surface area contributed by atoms with Crippen molar-refractivity contribution >= 4 is 28.2 Å². The van der Waals surface area contributed by atoms with Crippen molar-refractivity contribution in [3.8, 4) is 0 Å². The third-order valence-electron chi connectivity index (χ3n) is 4.48. The number of carbonyl (C=O) groups is 2. The first-order valence-electron chi connectivity index (χ1n) is 7.93. The fourth-order valence-electron chi connectivity index (χ4n) is 3.28.